The van der Waals surface area contributed by atoms with Gasteiger partial charge in [0.25, 0.3) is 0 Å². The van der Waals surface area contributed by atoms with Gasteiger partial charge in [0.15, 0.2) is 5.01 Å². The molecule has 0 aliphatic carbocycles. The van der Waals surface area contributed by atoms with Crippen LogP contribution in [-0.2, 0) is 6.54 Å². The molecule has 0 spiro atoms. The number of methoxy groups -OCH3 is 2. The molecule has 0 amide bonds. The van der Waals surface area contributed by atoms with E-state index in [1.165, 1.54) is 9.60 Å². The molecule has 0 fully saturated rings. The summed E-state index contributed by atoms with van der Waals surface area (Å²) in [4.78, 5) is 6.16. The number of rotatable bonds is 6. The highest BCUT2D eigenvalue weighted by molar-refractivity contribution is 7.18. The summed E-state index contributed by atoms with van der Waals surface area (Å²) in [7, 11) is 5.58. The number of hydrogen-bond donors (Lipinski definition) is 1. The fourth-order valence-corrected chi connectivity index (χ4v) is 3.87. The Kier molecular flexibility index (Phi) is 5.02. The first-order chi connectivity index (χ1) is 11.6. The van der Waals surface area contributed by atoms with Gasteiger partial charge in [-0.15, -0.1) is 11.3 Å². The Bertz CT molecular complexity index is 798. The molecule has 3 aromatic rings. The van der Waals surface area contributed by atoms with Crippen LogP contribution in [0.2, 0.25) is 0 Å². The number of para-hydroxylation sites is 1. The molecular formula is C19H23N2O2S+. The van der Waals surface area contributed by atoms with Crippen molar-refractivity contribution in [1.29, 1.82) is 0 Å². The van der Waals surface area contributed by atoms with Gasteiger partial charge in [0.1, 0.15) is 24.1 Å². The van der Waals surface area contributed by atoms with Crippen molar-refractivity contribution in [3.8, 4) is 11.5 Å². The van der Waals surface area contributed by atoms with Gasteiger partial charge in [-0.25, -0.2) is 4.98 Å². The molecule has 2 aromatic carbocycles. The van der Waals surface area contributed by atoms with E-state index in [1.54, 1.807) is 25.6 Å². The smallest absolute Gasteiger partial charge is 0.151 e. The number of nitrogens with zero attached hydrogens (tertiary/aromatic N) is 1. The van der Waals surface area contributed by atoms with Gasteiger partial charge in [0.2, 0.25) is 0 Å². The average molecular weight is 343 g/mol. The second-order valence-electron chi connectivity index (χ2n) is 5.94. The summed E-state index contributed by atoms with van der Waals surface area (Å²) in [5.74, 6) is 1.75. The molecule has 126 valence electrons. The van der Waals surface area contributed by atoms with Crippen molar-refractivity contribution in [2.45, 2.75) is 19.5 Å². The van der Waals surface area contributed by atoms with Crippen LogP contribution >= 0.6 is 11.3 Å². The van der Waals surface area contributed by atoms with Crippen molar-refractivity contribution in [1.82, 2.24) is 4.98 Å². The third-order valence-corrected chi connectivity index (χ3v) is 5.60. The molecule has 2 atom stereocenters. The van der Waals surface area contributed by atoms with Crippen molar-refractivity contribution in [2.24, 2.45) is 0 Å². The number of fused-ring (bicyclic) bond motifs is 1. The standard InChI is InChI=1S/C19H22N2O2S/c1-13(19-20-16-7-5-6-8-18(16)24-19)21(2)12-14-11-15(22-3)9-10-17(14)23-4/h5-11,13H,12H2,1-4H3/p+1/t13-/m0/s1. The van der Waals surface area contributed by atoms with E-state index in [0.717, 1.165) is 34.1 Å². The monoisotopic (exact) mass is 343 g/mol. The number of thiazole rings is 1. The van der Waals surface area contributed by atoms with Gasteiger partial charge >= 0.3 is 0 Å². The lowest BCUT2D eigenvalue weighted by Crippen LogP contribution is -3.07. The molecule has 0 saturated heterocycles. The van der Waals surface area contributed by atoms with Gasteiger partial charge in [-0.3, -0.25) is 0 Å². The van der Waals surface area contributed by atoms with Gasteiger partial charge < -0.3 is 14.4 Å². The molecule has 0 aliphatic heterocycles. The number of nitrogens with one attached hydrogen (secondary N) is 1. The highest BCUT2D eigenvalue weighted by Gasteiger charge is 2.21. The zero-order valence-corrected chi connectivity index (χ0v) is 15.3. The highest BCUT2D eigenvalue weighted by atomic mass is 32.1. The van der Waals surface area contributed by atoms with Gasteiger partial charge in [0, 0.05) is 0 Å². The Labute approximate surface area is 146 Å². The molecule has 24 heavy (non-hydrogen) atoms. The molecule has 3 rings (SSSR count). The van der Waals surface area contributed by atoms with Crippen LogP contribution in [0.25, 0.3) is 10.2 Å². The zero-order chi connectivity index (χ0) is 17.1. The van der Waals surface area contributed by atoms with Crippen LogP contribution in [0.15, 0.2) is 42.5 Å². The predicted molar refractivity (Wildman–Crippen MR) is 98.2 cm³/mol. The first-order valence-corrected chi connectivity index (χ1v) is 8.82. The molecular weight excluding hydrogens is 320 g/mol. The summed E-state index contributed by atoms with van der Waals surface area (Å²) in [6.45, 7) is 3.07. The summed E-state index contributed by atoms with van der Waals surface area (Å²) in [6, 6.07) is 14.5. The number of benzene rings is 2. The Hall–Kier alpha value is -2.11. The second-order valence-corrected chi connectivity index (χ2v) is 7.00. The highest BCUT2D eigenvalue weighted by Crippen LogP contribution is 2.26. The lowest BCUT2D eigenvalue weighted by Gasteiger charge is -2.21. The molecule has 0 saturated carbocycles. The van der Waals surface area contributed by atoms with E-state index in [2.05, 4.69) is 32.2 Å². The fraction of sp³-hybridized carbons (Fsp3) is 0.316. The summed E-state index contributed by atoms with van der Waals surface area (Å²) in [5, 5.41) is 1.16. The van der Waals surface area contributed by atoms with E-state index in [1.807, 2.05) is 24.3 Å². The first-order valence-electron chi connectivity index (χ1n) is 8.01. The number of aromatic nitrogens is 1. The van der Waals surface area contributed by atoms with Crippen LogP contribution in [0.4, 0.5) is 0 Å². The summed E-state index contributed by atoms with van der Waals surface area (Å²) in [5.41, 5.74) is 2.22. The minimum absolute atomic E-state index is 0.304. The van der Waals surface area contributed by atoms with Gasteiger partial charge in [-0.1, -0.05) is 12.1 Å². The quantitative estimate of drug-likeness (QED) is 0.747. The number of hydrogen-bond acceptors (Lipinski definition) is 4. The van der Waals surface area contributed by atoms with Crippen molar-refractivity contribution < 1.29 is 14.4 Å². The third-order valence-electron chi connectivity index (χ3n) is 4.38. The summed E-state index contributed by atoms with van der Waals surface area (Å²) in [6.07, 6.45) is 0. The molecule has 1 heterocycles. The van der Waals surface area contributed by atoms with E-state index in [4.69, 9.17) is 14.5 Å². The maximum atomic E-state index is 5.50. The molecule has 0 radical (unpaired) electrons. The minimum atomic E-state index is 0.304. The maximum Gasteiger partial charge on any atom is 0.151 e. The van der Waals surface area contributed by atoms with Crippen LogP contribution in [0.5, 0.6) is 11.5 Å². The topological polar surface area (TPSA) is 35.8 Å². The van der Waals surface area contributed by atoms with Crippen LogP contribution in [0.3, 0.4) is 0 Å². The van der Waals surface area contributed by atoms with Crippen LogP contribution in [0.1, 0.15) is 23.5 Å². The zero-order valence-electron chi connectivity index (χ0n) is 14.5. The Balaban J connectivity index is 1.82. The van der Waals surface area contributed by atoms with E-state index < -0.39 is 0 Å². The Morgan fingerprint density at radius 2 is 1.92 bits per heavy atom. The second kappa shape index (κ2) is 7.20. The lowest BCUT2D eigenvalue weighted by atomic mass is 10.1. The Morgan fingerprint density at radius 3 is 2.62 bits per heavy atom. The van der Waals surface area contributed by atoms with Gasteiger partial charge in [-0.05, 0) is 37.3 Å². The van der Waals surface area contributed by atoms with Crippen molar-refractivity contribution in [2.75, 3.05) is 21.3 Å². The number of ether oxygens (including phenoxy) is 2. The lowest BCUT2D eigenvalue weighted by molar-refractivity contribution is -0.923. The molecule has 0 aliphatic rings. The van der Waals surface area contributed by atoms with Gasteiger partial charge in [0.05, 0.1) is 37.0 Å². The SMILES string of the molecule is COc1ccc(OC)c(C[NH+](C)[C@@H](C)c2nc3ccccc3s2)c1. The normalized spacial score (nSPS) is 13.7. The van der Waals surface area contributed by atoms with Crippen LogP contribution in [-0.4, -0.2) is 26.3 Å². The van der Waals surface area contributed by atoms with Crippen LogP contribution in [0, 0.1) is 0 Å². The molecule has 4 nitrogen and oxygen atoms in total. The van der Waals surface area contributed by atoms with Crippen molar-refractivity contribution in [3.63, 3.8) is 0 Å². The average Bonchev–Trinajstić information content (AvgIpc) is 3.05. The summed E-state index contributed by atoms with van der Waals surface area (Å²) >= 11 is 1.77. The van der Waals surface area contributed by atoms with Crippen molar-refractivity contribution >= 4 is 21.6 Å². The molecule has 0 bridgehead atoms. The molecule has 1 N–H and O–H groups in total. The fourth-order valence-electron chi connectivity index (χ4n) is 2.76. The number of quaternary nitrogens is 1. The van der Waals surface area contributed by atoms with Gasteiger partial charge in [-0.2, -0.15) is 0 Å². The molecule has 5 heteroatoms. The van der Waals surface area contributed by atoms with E-state index >= 15 is 0 Å². The molecule has 1 aromatic heterocycles. The predicted octanol–water partition coefficient (Wildman–Crippen LogP) is 3.09. The third kappa shape index (κ3) is 3.37. The largest absolute Gasteiger partial charge is 0.497 e. The van der Waals surface area contributed by atoms with Crippen LogP contribution < -0.4 is 14.4 Å². The first kappa shape index (κ1) is 16.7. The van der Waals surface area contributed by atoms with Crippen molar-refractivity contribution in [3.05, 3.63) is 53.0 Å². The van der Waals surface area contributed by atoms with E-state index in [0.29, 0.717) is 6.04 Å². The minimum Gasteiger partial charge on any atom is -0.497 e. The van der Waals surface area contributed by atoms with E-state index in [9.17, 15) is 0 Å². The van der Waals surface area contributed by atoms with E-state index in [-0.39, 0.29) is 0 Å². The summed E-state index contributed by atoms with van der Waals surface area (Å²) < 4.78 is 12.1. The Morgan fingerprint density at radius 1 is 1.12 bits per heavy atom. The molecule has 1 unspecified atom stereocenters. The maximum absolute atomic E-state index is 5.50.